The minimum Gasteiger partial charge on any atom is -0.507 e. The molecule has 1 amide bonds. The lowest BCUT2D eigenvalue weighted by Gasteiger charge is -2.12. The molecule has 0 atom stereocenters. The van der Waals surface area contributed by atoms with Gasteiger partial charge in [-0.1, -0.05) is 6.07 Å². The van der Waals surface area contributed by atoms with Gasteiger partial charge in [-0.2, -0.15) is 0 Å². The Morgan fingerprint density at radius 3 is 2.59 bits per heavy atom. The molecule has 2 N–H and O–H groups in total. The lowest BCUT2D eigenvalue weighted by molar-refractivity contribution is 0.102. The maximum absolute atomic E-state index is 13.8. The van der Waals surface area contributed by atoms with E-state index in [2.05, 4.69) is 15.3 Å². The van der Waals surface area contributed by atoms with E-state index in [4.69, 9.17) is 16.3 Å². The van der Waals surface area contributed by atoms with Crippen molar-refractivity contribution in [2.45, 2.75) is 0 Å². The molecule has 148 valence electrons. The summed E-state index contributed by atoms with van der Waals surface area (Å²) >= 11 is 5.72. The van der Waals surface area contributed by atoms with Gasteiger partial charge in [-0.05, 0) is 48.0 Å². The van der Waals surface area contributed by atoms with E-state index in [0.717, 1.165) is 12.1 Å². The van der Waals surface area contributed by atoms with Crippen molar-refractivity contribution in [1.29, 1.82) is 0 Å². The SMILES string of the molecule is COc1ccc(C(O)=Cc2ccnc(Cl)n2)cc1C(=O)Nc1c(F)cccc1F. The molecule has 3 aromatic rings. The second-order valence-corrected chi connectivity index (χ2v) is 6.08. The number of aliphatic hydroxyl groups is 1. The Morgan fingerprint density at radius 1 is 1.21 bits per heavy atom. The first-order valence-corrected chi connectivity index (χ1v) is 8.60. The van der Waals surface area contributed by atoms with E-state index in [1.165, 1.54) is 49.7 Å². The first kappa shape index (κ1) is 20.2. The second-order valence-electron chi connectivity index (χ2n) is 5.75. The summed E-state index contributed by atoms with van der Waals surface area (Å²) in [7, 11) is 1.34. The maximum atomic E-state index is 13.8. The number of hydrogen-bond acceptors (Lipinski definition) is 5. The van der Waals surface area contributed by atoms with Gasteiger partial charge in [0.05, 0.1) is 18.4 Å². The zero-order chi connectivity index (χ0) is 21.0. The number of nitrogens with one attached hydrogen (secondary N) is 1. The normalized spacial score (nSPS) is 11.2. The number of amides is 1. The van der Waals surface area contributed by atoms with Crippen molar-refractivity contribution in [3.63, 3.8) is 0 Å². The highest BCUT2D eigenvalue weighted by molar-refractivity contribution is 6.28. The molecular weight excluding hydrogens is 404 g/mol. The fourth-order valence-electron chi connectivity index (χ4n) is 2.49. The summed E-state index contributed by atoms with van der Waals surface area (Å²) in [6, 6.07) is 9.03. The van der Waals surface area contributed by atoms with Crippen molar-refractivity contribution in [2.75, 3.05) is 12.4 Å². The molecule has 0 unspecified atom stereocenters. The van der Waals surface area contributed by atoms with Crippen LogP contribution in [0.1, 0.15) is 21.6 Å². The highest BCUT2D eigenvalue weighted by atomic mass is 35.5. The van der Waals surface area contributed by atoms with Crippen LogP contribution in [0.3, 0.4) is 0 Å². The van der Waals surface area contributed by atoms with Crippen molar-refractivity contribution >= 4 is 35.0 Å². The number of carbonyl (C=O) groups excluding carboxylic acids is 1. The van der Waals surface area contributed by atoms with Crippen molar-refractivity contribution in [3.8, 4) is 5.75 Å². The average molecular weight is 418 g/mol. The number of aromatic nitrogens is 2. The standard InChI is InChI=1S/C20H14ClF2N3O3/c1-29-17-6-5-11(16(27)10-12-7-8-24-20(21)25-12)9-13(17)19(28)26-18-14(22)3-2-4-15(18)23/h2-10,27H,1H3,(H,26,28). The molecule has 1 aromatic heterocycles. The summed E-state index contributed by atoms with van der Waals surface area (Å²) in [4.78, 5) is 20.3. The van der Waals surface area contributed by atoms with E-state index in [9.17, 15) is 18.7 Å². The lowest BCUT2D eigenvalue weighted by atomic mass is 10.1. The molecule has 2 aromatic carbocycles. The molecular formula is C20H14ClF2N3O3. The number of hydrogen-bond donors (Lipinski definition) is 2. The van der Waals surface area contributed by atoms with E-state index < -0.39 is 23.2 Å². The molecule has 3 rings (SSSR count). The molecule has 0 fully saturated rings. The van der Waals surface area contributed by atoms with Crippen LogP contribution < -0.4 is 10.1 Å². The molecule has 0 spiro atoms. The second kappa shape index (κ2) is 8.66. The quantitative estimate of drug-likeness (QED) is 0.463. The highest BCUT2D eigenvalue weighted by Crippen LogP contribution is 2.26. The van der Waals surface area contributed by atoms with E-state index in [0.29, 0.717) is 5.69 Å². The topological polar surface area (TPSA) is 84.3 Å². The molecule has 0 radical (unpaired) electrons. The summed E-state index contributed by atoms with van der Waals surface area (Å²) in [6.45, 7) is 0. The third-order valence-corrected chi connectivity index (χ3v) is 4.06. The number of rotatable bonds is 5. The zero-order valence-corrected chi connectivity index (χ0v) is 15.7. The largest absolute Gasteiger partial charge is 0.507 e. The van der Waals surface area contributed by atoms with Gasteiger partial charge < -0.3 is 15.2 Å². The third kappa shape index (κ3) is 4.67. The van der Waals surface area contributed by atoms with Gasteiger partial charge in [0.2, 0.25) is 5.28 Å². The summed E-state index contributed by atoms with van der Waals surface area (Å²) in [5, 5.41) is 12.6. The first-order valence-electron chi connectivity index (χ1n) is 8.22. The molecule has 1 heterocycles. The molecule has 29 heavy (non-hydrogen) atoms. The summed E-state index contributed by atoms with van der Waals surface area (Å²) < 4.78 is 32.8. The van der Waals surface area contributed by atoms with Crippen LogP contribution in [0.5, 0.6) is 5.75 Å². The van der Waals surface area contributed by atoms with Gasteiger partial charge in [-0.25, -0.2) is 18.7 Å². The Morgan fingerprint density at radius 2 is 1.93 bits per heavy atom. The van der Waals surface area contributed by atoms with Gasteiger partial charge in [-0.3, -0.25) is 4.79 Å². The van der Waals surface area contributed by atoms with Gasteiger partial charge in [0.25, 0.3) is 5.91 Å². The van der Waals surface area contributed by atoms with Crippen LogP contribution in [0.4, 0.5) is 14.5 Å². The molecule has 9 heteroatoms. The van der Waals surface area contributed by atoms with Crippen molar-refractivity contribution in [2.24, 2.45) is 0 Å². The van der Waals surface area contributed by atoms with Gasteiger partial charge in [0, 0.05) is 17.8 Å². The van der Waals surface area contributed by atoms with E-state index in [1.54, 1.807) is 0 Å². The minimum absolute atomic E-state index is 0.00765. The molecule has 6 nitrogen and oxygen atoms in total. The number of halogens is 3. The Balaban J connectivity index is 1.95. The van der Waals surface area contributed by atoms with E-state index >= 15 is 0 Å². The Bertz CT molecular complexity index is 1090. The Labute approximate surface area is 169 Å². The maximum Gasteiger partial charge on any atom is 0.259 e. The molecule has 0 aliphatic rings. The minimum atomic E-state index is -0.920. The van der Waals surface area contributed by atoms with E-state index in [1.807, 2.05) is 0 Å². The smallest absolute Gasteiger partial charge is 0.259 e. The lowest BCUT2D eigenvalue weighted by Crippen LogP contribution is -2.15. The van der Waals surface area contributed by atoms with Gasteiger partial charge in [0.15, 0.2) is 0 Å². The molecule has 0 saturated heterocycles. The highest BCUT2D eigenvalue weighted by Gasteiger charge is 2.18. The number of methoxy groups -OCH3 is 1. The van der Waals surface area contributed by atoms with Gasteiger partial charge in [0.1, 0.15) is 28.8 Å². The van der Waals surface area contributed by atoms with Crippen molar-refractivity contribution < 1.29 is 23.4 Å². The summed E-state index contributed by atoms with van der Waals surface area (Å²) in [6.07, 6.45) is 2.75. The Kier molecular flexibility index (Phi) is 6.04. The number of aliphatic hydroxyl groups excluding tert-OH is 1. The number of nitrogens with zero attached hydrogens (tertiary/aromatic N) is 2. The fourth-order valence-corrected chi connectivity index (χ4v) is 2.65. The monoisotopic (exact) mass is 417 g/mol. The number of ether oxygens (including phenoxy) is 1. The average Bonchev–Trinajstić information content (AvgIpc) is 2.70. The van der Waals surface area contributed by atoms with Crippen LogP contribution in [0, 0.1) is 11.6 Å². The van der Waals surface area contributed by atoms with Crippen LogP contribution in [0.2, 0.25) is 5.28 Å². The van der Waals surface area contributed by atoms with Crippen molar-refractivity contribution in [1.82, 2.24) is 9.97 Å². The van der Waals surface area contributed by atoms with Crippen LogP contribution in [0.15, 0.2) is 48.7 Å². The van der Waals surface area contributed by atoms with Gasteiger partial charge in [-0.15, -0.1) is 0 Å². The Hall–Kier alpha value is -3.52. The predicted molar refractivity (Wildman–Crippen MR) is 105 cm³/mol. The molecule has 0 aliphatic heterocycles. The van der Waals surface area contributed by atoms with E-state index in [-0.39, 0.29) is 27.9 Å². The number of anilines is 1. The number of benzene rings is 2. The number of para-hydroxylation sites is 1. The number of carbonyl (C=O) groups is 1. The van der Waals surface area contributed by atoms with Crippen LogP contribution in [-0.4, -0.2) is 28.1 Å². The first-order chi connectivity index (χ1) is 13.9. The van der Waals surface area contributed by atoms with Crippen LogP contribution in [-0.2, 0) is 0 Å². The third-order valence-electron chi connectivity index (χ3n) is 3.87. The molecule has 0 bridgehead atoms. The predicted octanol–water partition coefficient (Wildman–Crippen LogP) is 4.73. The zero-order valence-electron chi connectivity index (χ0n) is 15.0. The van der Waals surface area contributed by atoms with Crippen LogP contribution >= 0.6 is 11.6 Å². The molecule has 0 saturated carbocycles. The summed E-state index contributed by atoms with van der Waals surface area (Å²) in [5.41, 5.74) is -0.0221. The summed E-state index contributed by atoms with van der Waals surface area (Å²) in [5.74, 6) is -2.71. The van der Waals surface area contributed by atoms with Crippen LogP contribution in [0.25, 0.3) is 11.8 Å². The van der Waals surface area contributed by atoms with Gasteiger partial charge >= 0.3 is 0 Å². The van der Waals surface area contributed by atoms with Crippen molar-refractivity contribution in [3.05, 3.63) is 82.4 Å². The molecule has 0 aliphatic carbocycles. The fraction of sp³-hybridized carbons (Fsp3) is 0.0500.